The molecule has 0 radical (unpaired) electrons. The van der Waals surface area contributed by atoms with E-state index in [1.807, 2.05) is 25.1 Å². The molecule has 0 heterocycles. The molecular formula is C11H20Cl2N2O. The minimum Gasteiger partial charge on any atom is -0.399 e. The summed E-state index contributed by atoms with van der Waals surface area (Å²) >= 11 is 0. The Kier molecular flexibility index (Phi) is 9.43. The van der Waals surface area contributed by atoms with E-state index in [9.17, 15) is 0 Å². The highest BCUT2D eigenvalue weighted by molar-refractivity contribution is 5.85. The number of nitrogens with two attached hydrogens (primary N) is 1. The molecule has 1 aromatic carbocycles. The fourth-order valence-corrected chi connectivity index (χ4v) is 1.21. The average Bonchev–Trinajstić information content (AvgIpc) is 2.10. The lowest BCUT2D eigenvalue weighted by Gasteiger charge is -2.09. The highest BCUT2D eigenvalue weighted by Crippen LogP contribution is 2.16. The summed E-state index contributed by atoms with van der Waals surface area (Å²) in [5.74, 6) is 0. The fraction of sp³-hybridized carbons (Fsp3) is 0.455. The zero-order valence-corrected chi connectivity index (χ0v) is 11.2. The van der Waals surface area contributed by atoms with Crippen molar-refractivity contribution in [1.82, 2.24) is 0 Å². The van der Waals surface area contributed by atoms with E-state index in [2.05, 4.69) is 5.32 Å². The van der Waals surface area contributed by atoms with Gasteiger partial charge in [0.2, 0.25) is 0 Å². The van der Waals surface area contributed by atoms with E-state index < -0.39 is 0 Å². The van der Waals surface area contributed by atoms with Crippen LogP contribution in [-0.4, -0.2) is 17.8 Å². The maximum atomic E-state index is 9.07. The van der Waals surface area contributed by atoms with Gasteiger partial charge in [-0.2, -0.15) is 0 Å². The molecule has 5 heteroatoms. The molecule has 0 aromatic heterocycles. The number of nitrogens with one attached hydrogen (secondary N) is 1. The van der Waals surface area contributed by atoms with Gasteiger partial charge in [0, 0.05) is 17.9 Å². The lowest BCUT2D eigenvalue weighted by atomic mass is 10.2. The molecule has 1 rings (SSSR count). The van der Waals surface area contributed by atoms with Crippen molar-refractivity contribution in [3.8, 4) is 0 Å². The molecule has 3 nitrogen and oxygen atoms in total. The van der Waals surface area contributed by atoms with Crippen molar-refractivity contribution in [2.75, 3.05) is 17.6 Å². The third-order valence-electron chi connectivity index (χ3n) is 2.16. The summed E-state index contributed by atoms with van der Waals surface area (Å²) in [5, 5.41) is 12.3. The largest absolute Gasteiger partial charge is 0.399 e. The first-order valence-electron chi connectivity index (χ1n) is 4.87. The number of hydrogen-bond acceptors (Lipinski definition) is 3. The standard InChI is InChI=1S/C11H18N2O.2ClH/c1-8-7-10(3-4-11(8)12)13-6-5-9(2)14;;/h3-4,7,9,13-14H,5-6,12H2,1-2H3;2*1H. The normalized spacial score (nSPS) is 10.9. The Morgan fingerprint density at radius 1 is 1.38 bits per heavy atom. The van der Waals surface area contributed by atoms with E-state index in [-0.39, 0.29) is 30.9 Å². The molecular weight excluding hydrogens is 247 g/mol. The van der Waals surface area contributed by atoms with Gasteiger partial charge in [-0.25, -0.2) is 0 Å². The molecule has 0 aliphatic rings. The number of aryl methyl sites for hydroxylation is 1. The van der Waals surface area contributed by atoms with Gasteiger partial charge in [0.05, 0.1) is 6.10 Å². The third kappa shape index (κ3) is 6.05. The van der Waals surface area contributed by atoms with Crippen molar-refractivity contribution < 1.29 is 5.11 Å². The Bertz CT molecular complexity index is 306. The van der Waals surface area contributed by atoms with Gasteiger partial charge in [-0.05, 0) is 44.0 Å². The highest BCUT2D eigenvalue weighted by atomic mass is 35.5. The monoisotopic (exact) mass is 266 g/mol. The number of aliphatic hydroxyl groups is 1. The Balaban J connectivity index is 0. The molecule has 0 amide bonds. The van der Waals surface area contributed by atoms with Gasteiger partial charge in [-0.1, -0.05) is 0 Å². The molecule has 0 bridgehead atoms. The predicted octanol–water partition coefficient (Wildman–Crippen LogP) is 2.60. The first-order valence-corrected chi connectivity index (χ1v) is 4.87. The van der Waals surface area contributed by atoms with Crippen molar-refractivity contribution in [1.29, 1.82) is 0 Å². The van der Waals surface area contributed by atoms with Crippen molar-refractivity contribution in [2.45, 2.75) is 26.4 Å². The molecule has 0 aliphatic carbocycles. The zero-order chi connectivity index (χ0) is 10.6. The number of aliphatic hydroxyl groups excluding tert-OH is 1. The number of benzene rings is 1. The van der Waals surface area contributed by atoms with Crippen LogP contribution in [0.3, 0.4) is 0 Å². The van der Waals surface area contributed by atoms with Crippen LogP contribution >= 0.6 is 24.8 Å². The van der Waals surface area contributed by atoms with Gasteiger partial charge < -0.3 is 16.2 Å². The molecule has 0 saturated carbocycles. The molecule has 0 fully saturated rings. The van der Waals surface area contributed by atoms with Crippen LogP contribution in [0.5, 0.6) is 0 Å². The lowest BCUT2D eigenvalue weighted by molar-refractivity contribution is 0.189. The van der Waals surface area contributed by atoms with E-state index in [0.29, 0.717) is 0 Å². The molecule has 1 atom stereocenters. The smallest absolute Gasteiger partial charge is 0.0528 e. The zero-order valence-electron chi connectivity index (χ0n) is 9.56. The quantitative estimate of drug-likeness (QED) is 0.735. The summed E-state index contributed by atoms with van der Waals surface area (Å²) in [4.78, 5) is 0. The molecule has 4 N–H and O–H groups in total. The molecule has 0 aliphatic heterocycles. The fourth-order valence-electron chi connectivity index (χ4n) is 1.21. The highest BCUT2D eigenvalue weighted by Gasteiger charge is 1.97. The van der Waals surface area contributed by atoms with Crippen molar-refractivity contribution in [2.24, 2.45) is 0 Å². The SMILES string of the molecule is Cc1cc(NCCC(C)O)ccc1N.Cl.Cl. The Morgan fingerprint density at radius 2 is 2.00 bits per heavy atom. The minimum absolute atomic E-state index is 0. The number of hydrogen-bond donors (Lipinski definition) is 3. The van der Waals surface area contributed by atoms with E-state index >= 15 is 0 Å². The summed E-state index contributed by atoms with van der Waals surface area (Å²) in [6.07, 6.45) is 0.501. The van der Waals surface area contributed by atoms with Crippen LogP contribution < -0.4 is 11.1 Å². The topological polar surface area (TPSA) is 58.3 Å². The molecule has 0 spiro atoms. The van der Waals surface area contributed by atoms with Crippen LogP contribution in [-0.2, 0) is 0 Å². The maximum Gasteiger partial charge on any atom is 0.0528 e. The Hall–Kier alpha value is -0.640. The van der Waals surface area contributed by atoms with E-state index in [1.54, 1.807) is 6.92 Å². The number of rotatable bonds is 4. The van der Waals surface area contributed by atoms with E-state index in [4.69, 9.17) is 10.8 Å². The number of nitrogen functional groups attached to an aromatic ring is 1. The number of anilines is 2. The van der Waals surface area contributed by atoms with Crippen LogP contribution in [0.15, 0.2) is 18.2 Å². The van der Waals surface area contributed by atoms with Gasteiger partial charge in [-0.15, -0.1) is 24.8 Å². The Morgan fingerprint density at radius 3 is 2.50 bits per heavy atom. The predicted molar refractivity (Wildman–Crippen MR) is 74.9 cm³/mol. The van der Waals surface area contributed by atoms with Crippen LogP contribution in [0.4, 0.5) is 11.4 Å². The lowest BCUT2D eigenvalue weighted by Crippen LogP contribution is -2.09. The first kappa shape index (κ1) is 17.7. The third-order valence-corrected chi connectivity index (χ3v) is 2.16. The Labute approximate surface area is 109 Å². The van der Waals surface area contributed by atoms with Crippen molar-refractivity contribution in [3.63, 3.8) is 0 Å². The summed E-state index contributed by atoms with van der Waals surface area (Å²) < 4.78 is 0. The van der Waals surface area contributed by atoms with Crippen LogP contribution in [0.1, 0.15) is 18.9 Å². The van der Waals surface area contributed by atoms with Gasteiger partial charge in [0.15, 0.2) is 0 Å². The van der Waals surface area contributed by atoms with E-state index in [1.165, 1.54) is 0 Å². The van der Waals surface area contributed by atoms with Crippen molar-refractivity contribution in [3.05, 3.63) is 23.8 Å². The molecule has 0 saturated heterocycles. The van der Waals surface area contributed by atoms with Crippen LogP contribution in [0.25, 0.3) is 0 Å². The molecule has 1 unspecified atom stereocenters. The van der Waals surface area contributed by atoms with Gasteiger partial charge >= 0.3 is 0 Å². The summed E-state index contributed by atoms with van der Waals surface area (Å²) in [7, 11) is 0. The van der Waals surface area contributed by atoms with Gasteiger partial charge in [-0.3, -0.25) is 0 Å². The summed E-state index contributed by atoms with van der Waals surface area (Å²) in [6.45, 7) is 4.55. The van der Waals surface area contributed by atoms with Crippen LogP contribution in [0.2, 0.25) is 0 Å². The van der Waals surface area contributed by atoms with E-state index in [0.717, 1.165) is 29.9 Å². The average molecular weight is 267 g/mol. The second-order valence-electron chi connectivity index (χ2n) is 3.64. The first-order chi connectivity index (χ1) is 6.59. The molecule has 1 aromatic rings. The number of halogens is 2. The molecule has 16 heavy (non-hydrogen) atoms. The van der Waals surface area contributed by atoms with Gasteiger partial charge in [0.1, 0.15) is 0 Å². The maximum absolute atomic E-state index is 9.07. The van der Waals surface area contributed by atoms with Crippen LogP contribution in [0, 0.1) is 6.92 Å². The summed E-state index contributed by atoms with van der Waals surface area (Å²) in [6, 6.07) is 5.85. The van der Waals surface area contributed by atoms with Gasteiger partial charge in [0.25, 0.3) is 0 Å². The minimum atomic E-state index is -0.252. The second-order valence-corrected chi connectivity index (χ2v) is 3.64. The second kappa shape index (κ2) is 8.50. The van der Waals surface area contributed by atoms with Crippen molar-refractivity contribution >= 4 is 36.2 Å². The summed E-state index contributed by atoms with van der Waals surface area (Å²) in [5.41, 5.74) is 8.64. The molecule has 94 valence electrons.